The molecule has 1 saturated carbocycles. The molecule has 0 aromatic heterocycles. The van der Waals surface area contributed by atoms with E-state index in [-0.39, 0.29) is 18.0 Å². The number of hydrogen-bond donors (Lipinski definition) is 2. The Bertz CT molecular complexity index is 408. The molecule has 1 aliphatic rings. The maximum Gasteiger partial charge on any atom is 0.253 e. The van der Waals surface area contributed by atoms with Crippen LogP contribution in [0, 0.1) is 0 Å². The SMILES string of the molecule is NC1CC1NC(=O)c1cc(Cl)ccc1Cl. The summed E-state index contributed by atoms with van der Waals surface area (Å²) in [7, 11) is 0. The molecule has 3 nitrogen and oxygen atoms in total. The molecule has 1 amide bonds. The van der Waals surface area contributed by atoms with Crippen LogP contribution in [0.1, 0.15) is 16.8 Å². The van der Waals surface area contributed by atoms with Crippen molar-refractivity contribution in [1.82, 2.24) is 5.32 Å². The van der Waals surface area contributed by atoms with Crippen LogP contribution >= 0.6 is 23.2 Å². The summed E-state index contributed by atoms with van der Waals surface area (Å²) in [5.74, 6) is -0.222. The minimum absolute atomic E-state index is 0.0758. The van der Waals surface area contributed by atoms with Crippen molar-refractivity contribution in [2.45, 2.75) is 18.5 Å². The average Bonchev–Trinajstić information content (AvgIpc) is 2.86. The maximum atomic E-state index is 11.7. The topological polar surface area (TPSA) is 55.1 Å². The predicted octanol–water partition coefficient (Wildman–Crippen LogP) is 1.82. The van der Waals surface area contributed by atoms with Crippen LogP contribution in [0.2, 0.25) is 10.0 Å². The van der Waals surface area contributed by atoms with Gasteiger partial charge in [-0.15, -0.1) is 0 Å². The first kappa shape index (κ1) is 10.7. The van der Waals surface area contributed by atoms with E-state index < -0.39 is 0 Å². The molecule has 2 rings (SSSR count). The maximum absolute atomic E-state index is 11.7. The van der Waals surface area contributed by atoms with E-state index in [0.29, 0.717) is 15.6 Å². The second-order valence-corrected chi connectivity index (χ2v) is 4.45. The molecule has 2 atom stereocenters. The van der Waals surface area contributed by atoms with Crippen LogP contribution in [0.5, 0.6) is 0 Å². The Morgan fingerprint density at radius 1 is 1.47 bits per heavy atom. The Morgan fingerprint density at radius 2 is 2.13 bits per heavy atom. The molecule has 1 aromatic rings. The number of nitrogens with two attached hydrogens (primary N) is 1. The first-order chi connectivity index (χ1) is 7.08. The molecule has 0 heterocycles. The molecule has 15 heavy (non-hydrogen) atoms. The molecule has 3 N–H and O–H groups in total. The van der Waals surface area contributed by atoms with E-state index in [1.54, 1.807) is 18.2 Å². The highest BCUT2D eigenvalue weighted by molar-refractivity contribution is 6.35. The van der Waals surface area contributed by atoms with Gasteiger partial charge in [0.2, 0.25) is 0 Å². The standard InChI is InChI=1S/C10H10Cl2N2O/c11-5-1-2-7(12)6(3-5)10(15)14-9-4-8(9)13/h1-3,8-9H,4,13H2,(H,14,15). The molecule has 1 aliphatic carbocycles. The van der Waals surface area contributed by atoms with Crippen molar-refractivity contribution in [2.24, 2.45) is 5.73 Å². The normalized spacial score (nSPS) is 23.7. The lowest BCUT2D eigenvalue weighted by Gasteiger charge is -2.05. The Labute approximate surface area is 97.5 Å². The van der Waals surface area contributed by atoms with Crippen LogP contribution in [0.4, 0.5) is 0 Å². The third-order valence-corrected chi connectivity index (χ3v) is 2.89. The first-order valence-electron chi connectivity index (χ1n) is 4.59. The van der Waals surface area contributed by atoms with Crippen LogP contribution in [0.15, 0.2) is 18.2 Å². The van der Waals surface area contributed by atoms with Gasteiger partial charge < -0.3 is 11.1 Å². The number of carbonyl (C=O) groups is 1. The molecule has 0 spiro atoms. The predicted molar refractivity (Wildman–Crippen MR) is 60.3 cm³/mol. The summed E-state index contributed by atoms with van der Waals surface area (Å²) in [5.41, 5.74) is 5.98. The van der Waals surface area contributed by atoms with Gasteiger partial charge in [0.15, 0.2) is 0 Å². The Morgan fingerprint density at radius 3 is 2.73 bits per heavy atom. The summed E-state index contributed by atoms with van der Waals surface area (Å²) < 4.78 is 0. The molecule has 0 bridgehead atoms. The monoisotopic (exact) mass is 244 g/mol. The third kappa shape index (κ3) is 2.43. The van der Waals surface area contributed by atoms with Crippen molar-refractivity contribution in [3.63, 3.8) is 0 Å². The number of rotatable bonds is 2. The molecular formula is C10H10Cl2N2O. The Balaban J connectivity index is 2.14. The van der Waals surface area contributed by atoms with Crippen LogP contribution in [0.3, 0.4) is 0 Å². The summed E-state index contributed by atoms with van der Waals surface area (Å²) >= 11 is 11.7. The van der Waals surface area contributed by atoms with Crippen molar-refractivity contribution >= 4 is 29.1 Å². The van der Waals surface area contributed by atoms with Crippen LogP contribution in [-0.4, -0.2) is 18.0 Å². The second-order valence-electron chi connectivity index (χ2n) is 3.60. The van der Waals surface area contributed by atoms with Gasteiger partial charge in [-0.05, 0) is 24.6 Å². The molecule has 1 fully saturated rings. The molecule has 1 aromatic carbocycles. The molecule has 0 radical (unpaired) electrons. The fraction of sp³-hybridized carbons (Fsp3) is 0.300. The van der Waals surface area contributed by atoms with E-state index in [0.717, 1.165) is 6.42 Å². The highest BCUT2D eigenvalue weighted by Gasteiger charge is 2.35. The number of amides is 1. The van der Waals surface area contributed by atoms with Gasteiger partial charge in [-0.2, -0.15) is 0 Å². The van der Waals surface area contributed by atoms with Gasteiger partial charge in [-0.3, -0.25) is 4.79 Å². The van der Waals surface area contributed by atoms with E-state index in [1.807, 2.05) is 0 Å². The Kier molecular flexibility index (Phi) is 2.87. The smallest absolute Gasteiger partial charge is 0.253 e. The quantitative estimate of drug-likeness (QED) is 0.834. The second kappa shape index (κ2) is 4.00. The fourth-order valence-electron chi connectivity index (χ4n) is 1.30. The third-order valence-electron chi connectivity index (χ3n) is 2.33. The van der Waals surface area contributed by atoms with Crippen LogP contribution < -0.4 is 11.1 Å². The van der Waals surface area contributed by atoms with Gasteiger partial charge >= 0.3 is 0 Å². The number of halogens is 2. The number of hydrogen-bond acceptors (Lipinski definition) is 2. The minimum Gasteiger partial charge on any atom is -0.348 e. The molecule has 80 valence electrons. The van der Waals surface area contributed by atoms with Crippen molar-refractivity contribution in [3.8, 4) is 0 Å². The molecule has 2 unspecified atom stereocenters. The minimum atomic E-state index is -0.222. The number of benzene rings is 1. The zero-order valence-electron chi connectivity index (χ0n) is 7.84. The van der Waals surface area contributed by atoms with E-state index in [2.05, 4.69) is 5.32 Å². The van der Waals surface area contributed by atoms with Crippen LogP contribution in [-0.2, 0) is 0 Å². The van der Waals surface area contributed by atoms with Gasteiger partial charge in [0.1, 0.15) is 0 Å². The van der Waals surface area contributed by atoms with Crippen molar-refractivity contribution in [3.05, 3.63) is 33.8 Å². The van der Waals surface area contributed by atoms with Gasteiger partial charge in [-0.1, -0.05) is 23.2 Å². The highest BCUT2D eigenvalue weighted by atomic mass is 35.5. The molecular weight excluding hydrogens is 235 g/mol. The van der Waals surface area contributed by atoms with Gasteiger partial charge in [0.05, 0.1) is 10.6 Å². The fourth-order valence-corrected chi connectivity index (χ4v) is 1.67. The number of carbonyl (C=O) groups excluding carboxylic acids is 1. The largest absolute Gasteiger partial charge is 0.348 e. The summed E-state index contributed by atoms with van der Waals surface area (Å²) in [6, 6.07) is 4.95. The first-order valence-corrected chi connectivity index (χ1v) is 5.35. The van der Waals surface area contributed by atoms with E-state index >= 15 is 0 Å². The Hall–Kier alpha value is -0.770. The molecule has 0 saturated heterocycles. The lowest BCUT2D eigenvalue weighted by Crippen LogP contribution is -2.29. The average molecular weight is 245 g/mol. The summed E-state index contributed by atoms with van der Waals surface area (Å²) in [6.07, 6.45) is 0.823. The zero-order chi connectivity index (χ0) is 11.0. The van der Waals surface area contributed by atoms with E-state index in [4.69, 9.17) is 28.9 Å². The lowest BCUT2D eigenvalue weighted by molar-refractivity contribution is 0.0950. The number of nitrogens with one attached hydrogen (secondary N) is 1. The summed E-state index contributed by atoms with van der Waals surface area (Å²) in [6.45, 7) is 0. The lowest BCUT2D eigenvalue weighted by atomic mass is 10.2. The van der Waals surface area contributed by atoms with Crippen molar-refractivity contribution in [2.75, 3.05) is 0 Å². The van der Waals surface area contributed by atoms with Crippen LogP contribution in [0.25, 0.3) is 0 Å². The summed E-state index contributed by atoms with van der Waals surface area (Å²) in [4.78, 5) is 11.7. The van der Waals surface area contributed by atoms with E-state index in [1.165, 1.54) is 0 Å². The van der Waals surface area contributed by atoms with E-state index in [9.17, 15) is 4.79 Å². The van der Waals surface area contributed by atoms with Gasteiger partial charge in [-0.25, -0.2) is 0 Å². The summed E-state index contributed by atoms with van der Waals surface area (Å²) in [5, 5.41) is 3.67. The molecule has 5 heteroatoms. The zero-order valence-corrected chi connectivity index (χ0v) is 9.35. The van der Waals surface area contributed by atoms with Crippen molar-refractivity contribution in [1.29, 1.82) is 0 Å². The molecule has 0 aliphatic heterocycles. The van der Waals surface area contributed by atoms with Gasteiger partial charge in [0, 0.05) is 17.1 Å². The van der Waals surface area contributed by atoms with Gasteiger partial charge in [0.25, 0.3) is 5.91 Å². The van der Waals surface area contributed by atoms with Crippen molar-refractivity contribution < 1.29 is 4.79 Å². The highest BCUT2D eigenvalue weighted by Crippen LogP contribution is 2.23.